The van der Waals surface area contributed by atoms with Gasteiger partial charge < -0.3 is 41.0 Å². The summed E-state index contributed by atoms with van der Waals surface area (Å²) in [5.74, 6) is 9.43. The average Bonchev–Trinajstić information content (AvgIpc) is 4.00. The first-order valence-electron chi connectivity index (χ1n) is 22.7. The number of nitrogens with one attached hydrogen (secondary N) is 2. The number of phenols is 1. The summed E-state index contributed by atoms with van der Waals surface area (Å²) in [5.41, 5.74) is 13.1. The van der Waals surface area contributed by atoms with Crippen molar-refractivity contribution in [3.63, 3.8) is 0 Å². The van der Waals surface area contributed by atoms with Crippen LogP contribution in [0.4, 0.5) is 0 Å². The van der Waals surface area contributed by atoms with Crippen LogP contribution < -0.4 is 25.4 Å². The lowest BCUT2D eigenvalue weighted by atomic mass is 9.73. The molecule has 2 bridgehead atoms. The van der Waals surface area contributed by atoms with Crippen molar-refractivity contribution in [2.24, 2.45) is 39.8 Å². The third-order valence-corrected chi connectivity index (χ3v) is 14.4. The molecule has 5 aliphatic heterocycles. The van der Waals surface area contributed by atoms with Crippen LogP contribution in [0.3, 0.4) is 0 Å². The van der Waals surface area contributed by atoms with Crippen molar-refractivity contribution in [2.45, 2.75) is 122 Å². The number of allylic oxidation sites excluding steroid dienone is 2. The van der Waals surface area contributed by atoms with Crippen LogP contribution >= 0.6 is 0 Å². The van der Waals surface area contributed by atoms with E-state index in [-0.39, 0.29) is 42.2 Å². The minimum absolute atomic E-state index is 0.0422. The van der Waals surface area contributed by atoms with Gasteiger partial charge in [-0.2, -0.15) is 0 Å². The van der Waals surface area contributed by atoms with Crippen LogP contribution in [0.15, 0.2) is 71.2 Å². The summed E-state index contributed by atoms with van der Waals surface area (Å²) < 4.78 is 13.3. The Bertz CT molecular complexity index is 2390. The number of unbranched alkanes of at least 4 members (excludes halogenated alkanes) is 2. The van der Waals surface area contributed by atoms with Gasteiger partial charge in [-0.25, -0.2) is 0 Å². The molecule has 8 N–H and O–H groups in total. The predicted molar refractivity (Wildman–Crippen MR) is 236 cm³/mol. The SMILES string of the molecule is CCCCCC(C(=O)CCc1cc2c(cc1O)OC#CC1(CCCC1)C1C#CC(O)c3ccc4c(c3CC3=CN=C5C[NH+](C=C35)C1O2)C=CNC4N)C(O)C1C=CC(C)CC1O. The number of Topliss-reactive ketones (excluding diaryl/α,β-unsaturated/α-hetero) is 1. The maximum Gasteiger partial charge on any atom is 0.252 e. The quantitative estimate of drug-likeness (QED) is 0.0966. The smallest absolute Gasteiger partial charge is 0.252 e. The zero-order valence-electron chi connectivity index (χ0n) is 35.7. The lowest BCUT2D eigenvalue weighted by Crippen LogP contribution is -3.13. The summed E-state index contributed by atoms with van der Waals surface area (Å²) in [4.78, 5) is 20.0. The molecular weight excluding hydrogens is 781 g/mol. The maximum atomic E-state index is 14.1. The molecule has 10 unspecified atom stereocenters. The van der Waals surface area contributed by atoms with Gasteiger partial charge in [-0.3, -0.25) is 14.7 Å². The fraction of sp³-hybridized carbons (Fsp3) is 0.490. The normalized spacial score (nSPS) is 29.4. The van der Waals surface area contributed by atoms with Crippen molar-refractivity contribution in [2.75, 3.05) is 6.54 Å². The number of benzene rings is 2. The molecule has 1 spiro atoms. The summed E-state index contributed by atoms with van der Waals surface area (Å²) in [6.07, 6.45) is 19.2. The van der Waals surface area contributed by atoms with E-state index >= 15 is 0 Å². The largest absolute Gasteiger partial charge is 0.508 e. The predicted octanol–water partition coefficient (Wildman–Crippen LogP) is 5.20. The van der Waals surface area contributed by atoms with E-state index in [1.54, 1.807) is 6.07 Å². The van der Waals surface area contributed by atoms with Crippen LogP contribution in [0.5, 0.6) is 17.2 Å². The van der Waals surface area contributed by atoms with Crippen LogP contribution in [-0.2, 0) is 17.6 Å². The molecule has 2 aromatic rings. The molecule has 324 valence electrons. The van der Waals surface area contributed by atoms with E-state index in [0.29, 0.717) is 37.1 Å². The van der Waals surface area contributed by atoms with Crippen LogP contribution in [0.2, 0.25) is 0 Å². The van der Waals surface area contributed by atoms with Gasteiger partial charge in [0.1, 0.15) is 54.3 Å². The second-order valence-electron chi connectivity index (χ2n) is 18.5. The van der Waals surface area contributed by atoms with Gasteiger partial charge in [0, 0.05) is 36.9 Å². The molecule has 0 aromatic heterocycles. The van der Waals surface area contributed by atoms with Crippen molar-refractivity contribution in [3.8, 4) is 41.1 Å². The fourth-order valence-electron chi connectivity index (χ4n) is 10.8. The zero-order valence-corrected chi connectivity index (χ0v) is 35.7. The van der Waals surface area contributed by atoms with E-state index in [2.05, 4.69) is 42.3 Å². The Morgan fingerprint density at radius 3 is 2.74 bits per heavy atom. The molecule has 11 heteroatoms. The van der Waals surface area contributed by atoms with E-state index in [0.717, 1.165) is 89.0 Å². The molecule has 0 radical (unpaired) electrons. The van der Waals surface area contributed by atoms with Gasteiger partial charge in [0.05, 0.1) is 23.2 Å². The van der Waals surface area contributed by atoms with Crippen molar-refractivity contribution in [3.05, 3.63) is 94.0 Å². The van der Waals surface area contributed by atoms with Crippen molar-refractivity contribution < 1.29 is 39.6 Å². The fourth-order valence-corrected chi connectivity index (χ4v) is 10.8. The number of nitrogens with zero attached hydrogens (tertiary/aromatic N) is 1. The summed E-state index contributed by atoms with van der Waals surface area (Å²) in [6, 6.07) is 7.17. The zero-order chi connectivity index (χ0) is 43.1. The molecule has 1 saturated carbocycles. The molecule has 62 heavy (non-hydrogen) atoms. The summed E-state index contributed by atoms with van der Waals surface area (Å²) in [6.45, 7) is 4.69. The molecule has 0 amide bonds. The molecule has 2 aromatic carbocycles. The number of aliphatic hydroxyl groups excluding tert-OH is 3. The number of aliphatic hydroxyl groups is 3. The van der Waals surface area contributed by atoms with Gasteiger partial charge >= 0.3 is 0 Å². The van der Waals surface area contributed by atoms with E-state index in [4.69, 9.17) is 20.2 Å². The monoisotopic (exact) mass is 839 g/mol. The minimum atomic E-state index is -1.09. The number of carbonyl (C=O) groups excluding carboxylic acids is 1. The Balaban J connectivity index is 1.06. The first-order chi connectivity index (χ1) is 30.0. The Morgan fingerprint density at radius 1 is 1.11 bits per heavy atom. The van der Waals surface area contributed by atoms with Crippen LogP contribution in [-0.4, -0.2) is 56.9 Å². The third-order valence-electron chi connectivity index (χ3n) is 14.4. The molecule has 1 fully saturated rings. The van der Waals surface area contributed by atoms with Crippen LogP contribution in [0, 0.1) is 53.0 Å². The molecule has 5 heterocycles. The maximum absolute atomic E-state index is 14.1. The summed E-state index contributed by atoms with van der Waals surface area (Å²) in [5, 5.41) is 49.1. The number of hydrogen-bond acceptors (Lipinski definition) is 10. The van der Waals surface area contributed by atoms with E-state index < -0.39 is 47.7 Å². The first-order valence-corrected chi connectivity index (χ1v) is 22.7. The van der Waals surface area contributed by atoms with Crippen molar-refractivity contribution >= 4 is 17.6 Å². The summed E-state index contributed by atoms with van der Waals surface area (Å²) >= 11 is 0. The number of aliphatic imine (C=N–C) groups is 1. The van der Waals surface area contributed by atoms with Gasteiger partial charge in [-0.1, -0.05) is 88.0 Å². The number of carbonyl (C=O) groups is 1. The molecular formula is C51H59N4O7+. The number of phenolic OH excluding ortho intramolecular Hbond substituents is 1. The second-order valence-corrected chi connectivity index (χ2v) is 18.5. The van der Waals surface area contributed by atoms with E-state index in [1.807, 2.05) is 49.7 Å². The highest BCUT2D eigenvalue weighted by atomic mass is 16.5. The van der Waals surface area contributed by atoms with Gasteiger partial charge in [0.2, 0.25) is 0 Å². The Morgan fingerprint density at radius 2 is 1.94 bits per heavy atom. The van der Waals surface area contributed by atoms with Crippen molar-refractivity contribution in [1.82, 2.24) is 5.32 Å². The number of hydrogen-bond donors (Lipinski definition) is 7. The average molecular weight is 840 g/mol. The Labute approximate surface area is 364 Å². The molecule has 2 aliphatic carbocycles. The van der Waals surface area contributed by atoms with E-state index in [1.165, 1.54) is 6.07 Å². The number of rotatable bonds is 10. The Hall–Kier alpha value is -5.14. The van der Waals surface area contributed by atoms with Gasteiger partial charge in [0.25, 0.3) is 6.23 Å². The standard InChI is InChI=1S/C51H58N4O7/c1-3-4-5-8-36(48(60)37-11-9-30(2)23-45(37)59)43(57)15-10-31-25-47-46(26-44(31)58)61-22-20-51(18-6-7-19-51)40-14-16-42(56)34-12-13-35-33(17-21-53-49(35)52)38(34)24-32-27-54-41-29-55(28-39(32)41)50(40)62-47/h9,11-13,17,21,25-28,30,36-37,40,42,45,48-50,53,56,58-60H,3-8,10,15,18-19,23-24,29,52H2,1-2H3/p+1. The topological polar surface area (TPSA) is 171 Å². The number of fused-ring (bicyclic) bond motifs is 8. The highest BCUT2D eigenvalue weighted by molar-refractivity contribution is 6.08. The van der Waals surface area contributed by atoms with E-state index in [9.17, 15) is 25.2 Å². The highest BCUT2D eigenvalue weighted by Gasteiger charge is 2.51. The van der Waals surface area contributed by atoms with Crippen LogP contribution in [0.1, 0.15) is 118 Å². The summed E-state index contributed by atoms with van der Waals surface area (Å²) in [7, 11) is 0. The van der Waals surface area contributed by atoms with Gasteiger partial charge in [0.15, 0.2) is 11.5 Å². The second kappa shape index (κ2) is 17.6. The number of aromatic hydroxyl groups is 1. The molecule has 11 nitrogen and oxygen atoms in total. The lowest BCUT2D eigenvalue weighted by molar-refractivity contribution is -0.888. The highest BCUT2D eigenvalue weighted by Crippen LogP contribution is 2.47. The molecule has 7 aliphatic rings. The molecule has 9 rings (SSSR count). The third kappa shape index (κ3) is 8.02. The Kier molecular flexibility index (Phi) is 11.9. The lowest BCUT2D eigenvalue weighted by Gasteiger charge is -2.36. The van der Waals surface area contributed by atoms with Gasteiger partial charge in [-0.15, -0.1) is 0 Å². The molecule has 10 atom stereocenters. The first kappa shape index (κ1) is 42.2. The number of aryl methyl sites for hydroxylation is 1. The number of nitrogens with two attached hydrogens (primary N) is 1. The number of quaternary nitrogens is 1. The van der Waals surface area contributed by atoms with Crippen molar-refractivity contribution in [1.29, 1.82) is 0 Å². The van der Waals surface area contributed by atoms with Crippen LogP contribution in [0.25, 0.3) is 6.08 Å². The van der Waals surface area contributed by atoms with Gasteiger partial charge in [-0.05, 0) is 89.8 Å². The minimum Gasteiger partial charge on any atom is -0.508 e. The molecule has 0 saturated heterocycles. The number of ketones is 1. The number of ether oxygens (including phenoxy) is 2.